The third-order valence-corrected chi connectivity index (χ3v) is 1.97. The van der Waals surface area contributed by atoms with Crippen LogP contribution in [0.4, 0.5) is 5.82 Å². The molecule has 2 rings (SSSR count). The molecule has 0 unspecified atom stereocenters. The summed E-state index contributed by atoms with van der Waals surface area (Å²) in [6.07, 6.45) is 3.64. The van der Waals surface area contributed by atoms with Gasteiger partial charge in [0.2, 0.25) is 0 Å². The van der Waals surface area contributed by atoms with Gasteiger partial charge in [0.05, 0.1) is 0 Å². The van der Waals surface area contributed by atoms with E-state index in [1.54, 1.807) is 12.3 Å². The van der Waals surface area contributed by atoms with E-state index in [1.807, 2.05) is 0 Å². The summed E-state index contributed by atoms with van der Waals surface area (Å²) in [7, 11) is 0. The molecule has 0 saturated heterocycles. The number of nitrogens with one attached hydrogen (secondary N) is 2. The van der Waals surface area contributed by atoms with Crippen LogP contribution in [0.25, 0.3) is 0 Å². The summed E-state index contributed by atoms with van der Waals surface area (Å²) in [4.78, 5) is 14.2. The molecule has 3 heteroatoms. The zero-order valence-corrected chi connectivity index (χ0v) is 6.18. The number of aromatic nitrogens is 1. The summed E-state index contributed by atoms with van der Waals surface area (Å²) in [5, 5.41) is 3.15. The first-order valence-corrected chi connectivity index (χ1v) is 3.82. The van der Waals surface area contributed by atoms with Gasteiger partial charge in [-0.2, -0.15) is 0 Å². The van der Waals surface area contributed by atoms with Gasteiger partial charge in [0, 0.05) is 24.4 Å². The second-order valence-corrected chi connectivity index (χ2v) is 2.73. The molecule has 0 atom stereocenters. The Morgan fingerprint density at radius 3 is 3.18 bits per heavy atom. The van der Waals surface area contributed by atoms with Gasteiger partial charge in [-0.25, -0.2) is 0 Å². The minimum Gasteiger partial charge on any atom is -0.371 e. The van der Waals surface area contributed by atoms with Crippen molar-refractivity contribution in [1.29, 1.82) is 0 Å². The molecule has 2 heterocycles. The Labute approximate surface area is 64.5 Å². The van der Waals surface area contributed by atoms with E-state index >= 15 is 0 Å². The van der Waals surface area contributed by atoms with Crippen molar-refractivity contribution in [2.75, 3.05) is 11.9 Å². The fourth-order valence-corrected chi connectivity index (χ4v) is 1.40. The lowest BCUT2D eigenvalue weighted by molar-refractivity contribution is 0.811. The Bertz CT molecular complexity index is 316. The van der Waals surface area contributed by atoms with Gasteiger partial charge in [-0.15, -0.1) is 0 Å². The second kappa shape index (κ2) is 2.42. The van der Waals surface area contributed by atoms with Crippen molar-refractivity contribution in [3.05, 3.63) is 28.0 Å². The first-order valence-electron chi connectivity index (χ1n) is 3.82. The van der Waals surface area contributed by atoms with E-state index < -0.39 is 0 Å². The largest absolute Gasteiger partial charge is 0.371 e. The Morgan fingerprint density at radius 1 is 1.45 bits per heavy atom. The Morgan fingerprint density at radius 2 is 2.36 bits per heavy atom. The van der Waals surface area contributed by atoms with Crippen LogP contribution in [0.5, 0.6) is 0 Å². The number of aromatic amines is 1. The highest BCUT2D eigenvalue weighted by atomic mass is 16.1. The smallest absolute Gasteiger partial charge is 0.186 e. The predicted molar refractivity (Wildman–Crippen MR) is 43.9 cm³/mol. The molecule has 0 saturated carbocycles. The minimum atomic E-state index is 0.144. The highest BCUT2D eigenvalue weighted by molar-refractivity contribution is 5.45. The fourth-order valence-electron chi connectivity index (χ4n) is 1.40. The van der Waals surface area contributed by atoms with Crippen LogP contribution in [0, 0.1) is 0 Å². The van der Waals surface area contributed by atoms with Crippen LogP contribution in [-0.2, 0) is 6.42 Å². The second-order valence-electron chi connectivity index (χ2n) is 2.73. The van der Waals surface area contributed by atoms with Crippen LogP contribution < -0.4 is 10.7 Å². The number of hydrogen-bond donors (Lipinski definition) is 2. The molecule has 0 bridgehead atoms. The van der Waals surface area contributed by atoms with Crippen molar-refractivity contribution in [3.63, 3.8) is 0 Å². The van der Waals surface area contributed by atoms with E-state index in [0.29, 0.717) is 0 Å². The topological polar surface area (TPSA) is 44.9 Å². The van der Waals surface area contributed by atoms with E-state index in [0.717, 1.165) is 30.8 Å². The Hall–Kier alpha value is -1.25. The first-order chi connectivity index (χ1) is 5.38. The molecule has 1 aliphatic heterocycles. The lowest BCUT2D eigenvalue weighted by Gasteiger charge is -2.15. The van der Waals surface area contributed by atoms with Gasteiger partial charge in [0.15, 0.2) is 5.43 Å². The molecule has 11 heavy (non-hydrogen) atoms. The lowest BCUT2D eigenvalue weighted by atomic mass is 10.1. The van der Waals surface area contributed by atoms with E-state index in [2.05, 4.69) is 10.3 Å². The van der Waals surface area contributed by atoms with Gasteiger partial charge in [-0.05, 0) is 12.8 Å². The summed E-state index contributed by atoms with van der Waals surface area (Å²) < 4.78 is 0. The van der Waals surface area contributed by atoms with E-state index in [9.17, 15) is 4.79 Å². The zero-order chi connectivity index (χ0) is 7.68. The van der Waals surface area contributed by atoms with Crippen molar-refractivity contribution in [1.82, 2.24) is 4.98 Å². The van der Waals surface area contributed by atoms with Gasteiger partial charge >= 0.3 is 0 Å². The van der Waals surface area contributed by atoms with Crippen LogP contribution in [0.3, 0.4) is 0 Å². The van der Waals surface area contributed by atoms with Crippen molar-refractivity contribution in [3.8, 4) is 0 Å². The van der Waals surface area contributed by atoms with Gasteiger partial charge < -0.3 is 10.3 Å². The molecule has 1 aromatic rings. The molecule has 58 valence electrons. The average Bonchev–Trinajstić information content (AvgIpc) is 2.06. The summed E-state index contributed by atoms with van der Waals surface area (Å²) in [5.41, 5.74) is 1.05. The molecule has 0 spiro atoms. The lowest BCUT2D eigenvalue weighted by Crippen LogP contribution is -2.20. The van der Waals surface area contributed by atoms with Crippen LogP contribution in [0.2, 0.25) is 0 Å². The van der Waals surface area contributed by atoms with E-state index in [-0.39, 0.29) is 5.43 Å². The number of H-pyrrole nitrogens is 1. The van der Waals surface area contributed by atoms with Crippen molar-refractivity contribution in [2.45, 2.75) is 12.8 Å². The van der Waals surface area contributed by atoms with Crippen LogP contribution in [-0.4, -0.2) is 11.5 Å². The molecule has 2 N–H and O–H groups in total. The number of hydrogen-bond acceptors (Lipinski definition) is 2. The molecule has 0 fully saturated rings. The number of anilines is 1. The first kappa shape index (κ1) is 6.46. The summed E-state index contributed by atoms with van der Waals surface area (Å²) >= 11 is 0. The molecule has 1 aliphatic rings. The number of fused-ring (bicyclic) bond motifs is 1. The average molecular weight is 150 g/mol. The molecular formula is C8H10N2O. The highest BCUT2D eigenvalue weighted by Crippen LogP contribution is 2.13. The standard InChI is InChI=1S/C8H10N2O/c11-7-3-5-10-8-6(7)2-1-4-9-8/h3,5H,1-2,4H2,(H2,9,10,11). The van der Waals surface area contributed by atoms with Gasteiger partial charge in [0.25, 0.3) is 0 Å². The third kappa shape index (κ3) is 1.02. The van der Waals surface area contributed by atoms with Crippen molar-refractivity contribution in [2.24, 2.45) is 0 Å². The highest BCUT2D eigenvalue weighted by Gasteiger charge is 2.10. The van der Waals surface area contributed by atoms with Gasteiger partial charge in [-0.3, -0.25) is 4.79 Å². The summed E-state index contributed by atoms with van der Waals surface area (Å²) in [6.45, 7) is 0.965. The normalized spacial score (nSPS) is 15.3. The van der Waals surface area contributed by atoms with Gasteiger partial charge in [-0.1, -0.05) is 0 Å². The Kier molecular flexibility index (Phi) is 1.42. The minimum absolute atomic E-state index is 0.144. The Balaban J connectivity index is 2.58. The monoisotopic (exact) mass is 150 g/mol. The van der Waals surface area contributed by atoms with E-state index in [4.69, 9.17) is 0 Å². The molecule has 1 aromatic heterocycles. The summed E-state index contributed by atoms with van der Waals surface area (Å²) in [6, 6.07) is 1.58. The SMILES string of the molecule is O=c1cc[nH]c2c1CCCN2. The molecule has 0 amide bonds. The van der Waals surface area contributed by atoms with Crippen LogP contribution in [0.1, 0.15) is 12.0 Å². The van der Waals surface area contributed by atoms with Gasteiger partial charge in [0.1, 0.15) is 5.82 Å². The number of pyridine rings is 1. The maximum absolute atomic E-state index is 11.2. The number of rotatable bonds is 0. The molecule has 3 nitrogen and oxygen atoms in total. The predicted octanol–water partition coefficient (Wildman–Crippen LogP) is 0.733. The molecule has 0 aromatic carbocycles. The van der Waals surface area contributed by atoms with Crippen molar-refractivity contribution >= 4 is 5.82 Å². The zero-order valence-electron chi connectivity index (χ0n) is 6.18. The maximum Gasteiger partial charge on any atom is 0.186 e. The fraction of sp³-hybridized carbons (Fsp3) is 0.375. The van der Waals surface area contributed by atoms with E-state index in [1.165, 1.54) is 0 Å². The molecular weight excluding hydrogens is 140 g/mol. The molecule has 0 aliphatic carbocycles. The quantitative estimate of drug-likeness (QED) is 0.572. The summed E-state index contributed by atoms with van der Waals surface area (Å²) in [5.74, 6) is 0.906. The maximum atomic E-state index is 11.2. The third-order valence-electron chi connectivity index (χ3n) is 1.97. The van der Waals surface area contributed by atoms with Crippen LogP contribution in [0.15, 0.2) is 17.1 Å². The van der Waals surface area contributed by atoms with Crippen LogP contribution >= 0.6 is 0 Å². The van der Waals surface area contributed by atoms with Crippen molar-refractivity contribution < 1.29 is 0 Å². The molecule has 0 radical (unpaired) electrons.